The molecule has 0 aliphatic rings. The van der Waals surface area contributed by atoms with Gasteiger partial charge in [-0.05, 0) is 32.0 Å². The first kappa shape index (κ1) is 20.9. The summed E-state index contributed by atoms with van der Waals surface area (Å²) >= 11 is 0. The van der Waals surface area contributed by atoms with Gasteiger partial charge in [0.15, 0.2) is 0 Å². The van der Waals surface area contributed by atoms with E-state index in [0.29, 0.717) is 5.75 Å². The molecule has 0 fully saturated rings. The van der Waals surface area contributed by atoms with E-state index < -0.39 is 10.0 Å². The number of carbonyl (C=O) groups is 1. The number of likely N-dealkylation sites (N-methyl/N-ethyl adjacent to an activating group) is 1. The highest BCUT2D eigenvalue weighted by Gasteiger charge is 2.26. The summed E-state index contributed by atoms with van der Waals surface area (Å²) in [5.74, 6) is 0.302. The predicted octanol–water partition coefficient (Wildman–Crippen LogP) is 2.89. The SMILES string of the molecule is CCN(CC(=O)NC(C)c1ccccc1OC)S(=O)(=O)c1ccc(C)cc1. The van der Waals surface area contributed by atoms with Crippen LogP contribution >= 0.6 is 0 Å². The van der Waals surface area contributed by atoms with Crippen molar-refractivity contribution in [2.45, 2.75) is 31.7 Å². The van der Waals surface area contributed by atoms with E-state index in [-0.39, 0.29) is 29.9 Å². The average molecular weight is 391 g/mol. The molecule has 1 N–H and O–H groups in total. The van der Waals surface area contributed by atoms with E-state index in [4.69, 9.17) is 4.74 Å². The van der Waals surface area contributed by atoms with Crippen LogP contribution in [0.15, 0.2) is 53.4 Å². The Morgan fingerprint density at radius 1 is 1.15 bits per heavy atom. The Balaban J connectivity index is 2.11. The van der Waals surface area contributed by atoms with Gasteiger partial charge in [0, 0.05) is 12.1 Å². The topological polar surface area (TPSA) is 75.7 Å². The van der Waals surface area contributed by atoms with Crippen LogP contribution in [0.25, 0.3) is 0 Å². The maximum atomic E-state index is 12.8. The maximum absolute atomic E-state index is 12.8. The van der Waals surface area contributed by atoms with Gasteiger partial charge in [0.05, 0.1) is 24.6 Å². The highest BCUT2D eigenvalue weighted by molar-refractivity contribution is 7.89. The summed E-state index contributed by atoms with van der Waals surface area (Å²) in [6.07, 6.45) is 0. The monoisotopic (exact) mass is 390 g/mol. The average Bonchev–Trinajstić information content (AvgIpc) is 2.66. The first-order chi connectivity index (χ1) is 12.8. The van der Waals surface area contributed by atoms with Crippen LogP contribution in [-0.2, 0) is 14.8 Å². The molecule has 0 aliphatic carbocycles. The fraction of sp³-hybridized carbons (Fsp3) is 0.350. The number of methoxy groups -OCH3 is 1. The van der Waals surface area contributed by atoms with Crippen LogP contribution in [0, 0.1) is 6.92 Å². The Bertz CT molecular complexity index is 879. The van der Waals surface area contributed by atoms with Crippen molar-refractivity contribution in [1.29, 1.82) is 0 Å². The van der Waals surface area contributed by atoms with E-state index in [0.717, 1.165) is 11.1 Å². The van der Waals surface area contributed by atoms with Gasteiger partial charge in [-0.15, -0.1) is 0 Å². The first-order valence-electron chi connectivity index (χ1n) is 8.78. The van der Waals surface area contributed by atoms with Gasteiger partial charge in [0.25, 0.3) is 0 Å². The number of nitrogens with one attached hydrogen (secondary N) is 1. The van der Waals surface area contributed by atoms with Crippen molar-refractivity contribution in [2.24, 2.45) is 0 Å². The lowest BCUT2D eigenvalue weighted by atomic mass is 10.1. The quantitative estimate of drug-likeness (QED) is 0.752. The van der Waals surface area contributed by atoms with Gasteiger partial charge >= 0.3 is 0 Å². The third kappa shape index (κ3) is 5.08. The third-order valence-corrected chi connectivity index (χ3v) is 6.25. The molecule has 27 heavy (non-hydrogen) atoms. The van der Waals surface area contributed by atoms with Crippen molar-refractivity contribution in [2.75, 3.05) is 20.2 Å². The van der Waals surface area contributed by atoms with Crippen LogP contribution in [0.4, 0.5) is 0 Å². The molecule has 0 saturated heterocycles. The molecule has 1 unspecified atom stereocenters. The standard InChI is InChI=1S/C20H26N2O4S/c1-5-22(27(24,25)17-12-10-15(2)11-13-17)14-20(23)21-16(3)18-8-6-7-9-19(18)26-4/h6-13,16H,5,14H2,1-4H3,(H,21,23). The molecule has 2 aromatic rings. The van der Waals surface area contributed by atoms with Crippen molar-refractivity contribution in [3.8, 4) is 5.75 Å². The largest absolute Gasteiger partial charge is 0.496 e. The molecule has 0 aliphatic heterocycles. The molecular weight excluding hydrogens is 364 g/mol. The van der Waals surface area contributed by atoms with Crippen molar-refractivity contribution >= 4 is 15.9 Å². The summed E-state index contributed by atoms with van der Waals surface area (Å²) in [6, 6.07) is 13.7. The number of aryl methyl sites for hydroxylation is 1. The van der Waals surface area contributed by atoms with Crippen LogP contribution in [0.3, 0.4) is 0 Å². The number of carbonyl (C=O) groups excluding carboxylic acids is 1. The highest BCUT2D eigenvalue weighted by Crippen LogP contribution is 2.24. The van der Waals surface area contributed by atoms with E-state index in [1.807, 2.05) is 38.1 Å². The molecular formula is C20H26N2O4S. The molecule has 0 radical (unpaired) electrons. The minimum atomic E-state index is -3.73. The fourth-order valence-corrected chi connectivity index (χ4v) is 4.18. The Morgan fingerprint density at radius 2 is 1.78 bits per heavy atom. The number of hydrogen-bond donors (Lipinski definition) is 1. The summed E-state index contributed by atoms with van der Waals surface area (Å²) in [5.41, 5.74) is 1.80. The molecule has 6 nitrogen and oxygen atoms in total. The molecule has 1 amide bonds. The van der Waals surface area contributed by atoms with E-state index in [1.165, 1.54) is 4.31 Å². The van der Waals surface area contributed by atoms with Crippen LogP contribution in [0.1, 0.15) is 31.0 Å². The number of amides is 1. The van der Waals surface area contributed by atoms with Gasteiger partial charge in [-0.2, -0.15) is 4.31 Å². The minimum absolute atomic E-state index is 0.181. The van der Waals surface area contributed by atoms with E-state index in [1.54, 1.807) is 38.3 Å². The van der Waals surface area contributed by atoms with Gasteiger partial charge in [0.2, 0.25) is 15.9 Å². The Morgan fingerprint density at radius 3 is 2.37 bits per heavy atom. The minimum Gasteiger partial charge on any atom is -0.496 e. The second-order valence-electron chi connectivity index (χ2n) is 6.28. The molecule has 0 heterocycles. The number of ether oxygens (including phenoxy) is 1. The normalized spacial score (nSPS) is 12.6. The van der Waals surface area contributed by atoms with E-state index in [9.17, 15) is 13.2 Å². The third-order valence-electron chi connectivity index (χ3n) is 4.31. The summed E-state index contributed by atoms with van der Waals surface area (Å²) in [6.45, 7) is 5.39. The van der Waals surface area contributed by atoms with Crippen LogP contribution in [-0.4, -0.2) is 38.8 Å². The summed E-state index contributed by atoms with van der Waals surface area (Å²) in [7, 11) is -2.16. The lowest BCUT2D eigenvalue weighted by Crippen LogP contribution is -2.41. The molecule has 0 spiro atoms. The molecule has 146 valence electrons. The van der Waals surface area contributed by atoms with Crippen LogP contribution in [0.5, 0.6) is 5.75 Å². The van der Waals surface area contributed by atoms with Crippen LogP contribution in [0.2, 0.25) is 0 Å². The Labute approximate surface area is 161 Å². The lowest BCUT2D eigenvalue weighted by Gasteiger charge is -2.22. The van der Waals surface area contributed by atoms with Gasteiger partial charge in [-0.1, -0.05) is 42.8 Å². The van der Waals surface area contributed by atoms with Gasteiger partial charge in [-0.3, -0.25) is 4.79 Å². The fourth-order valence-electron chi connectivity index (χ4n) is 2.78. The lowest BCUT2D eigenvalue weighted by molar-refractivity contribution is -0.121. The van der Waals surface area contributed by atoms with Gasteiger partial charge in [-0.25, -0.2) is 8.42 Å². The molecule has 0 saturated carbocycles. The Kier molecular flexibility index (Phi) is 6.98. The van der Waals surface area contributed by atoms with E-state index >= 15 is 0 Å². The molecule has 0 aromatic heterocycles. The number of rotatable bonds is 8. The van der Waals surface area contributed by atoms with E-state index in [2.05, 4.69) is 5.32 Å². The molecule has 0 bridgehead atoms. The summed E-state index contributed by atoms with van der Waals surface area (Å²) in [5, 5.41) is 2.84. The maximum Gasteiger partial charge on any atom is 0.243 e. The number of benzene rings is 2. The highest BCUT2D eigenvalue weighted by atomic mass is 32.2. The van der Waals surface area contributed by atoms with Crippen molar-refractivity contribution < 1.29 is 17.9 Å². The van der Waals surface area contributed by atoms with Crippen molar-refractivity contribution in [3.63, 3.8) is 0 Å². The number of para-hydroxylation sites is 1. The first-order valence-corrected chi connectivity index (χ1v) is 10.2. The zero-order valence-corrected chi connectivity index (χ0v) is 16.9. The molecule has 7 heteroatoms. The predicted molar refractivity (Wildman–Crippen MR) is 105 cm³/mol. The number of sulfonamides is 1. The summed E-state index contributed by atoms with van der Waals surface area (Å²) < 4.78 is 32.1. The molecule has 2 rings (SSSR count). The zero-order chi connectivity index (χ0) is 20.0. The Hall–Kier alpha value is -2.38. The number of nitrogens with zero attached hydrogens (tertiary/aromatic N) is 1. The second-order valence-corrected chi connectivity index (χ2v) is 8.21. The van der Waals surface area contributed by atoms with Gasteiger partial charge < -0.3 is 10.1 Å². The second kappa shape index (κ2) is 9.01. The number of hydrogen-bond acceptors (Lipinski definition) is 4. The van der Waals surface area contributed by atoms with Crippen molar-refractivity contribution in [1.82, 2.24) is 9.62 Å². The smallest absolute Gasteiger partial charge is 0.243 e. The zero-order valence-electron chi connectivity index (χ0n) is 16.1. The molecule has 2 aromatic carbocycles. The molecule has 1 atom stereocenters. The van der Waals surface area contributed by atoms with Gasteiger partial charge in [0.1, 0.15) is 5.75 Å². The van der Waals surface area contributed by atoms with Crippen molar-refractivity contribution in [3.05, 3.63) is 59.7 Å². The summed E-state index contributed by atoms with van der Waals surface area (Å²) in [4.78, 5) is 12.7. The van der Waals surface area contributed by atoms with Crippen LogP contribution < -0.4 is 10.1 Å².